The van der Waals surface area contributed by atoms with Gasteiger partial charge >= 0.3 is 5.97 Å². The van der Waals surface area contributed by atoms with Crippen molar-refractivity contribution in [2.24, 2.45) is 5.92 Å². The van der Waals surface area contributed by atoms with E-state index in [0.717, 1.165) is 12.8 Å². The summed E-state index contributed by atoms with van der Waals surface area (Å²) in [6.45, 7) is 0. The maximum absolute atomic E-state index is 11.4. The predicted octanol–water partition coefficient (Wildman–Crippen LogP) is 0.913. The average molecular weight is 221 g/mol. The van der Waals surface area contributed by atoms with Crippen molar-refractivity contribution in [2.45, 2.75) is 19.3 Å². The van der Waals surface area contributed by atoms with Crippen LogP contribution in [0.4, 0.5) is 5.95 Å². The highest BCUT2D eigenvalue weighted by Crippen LogP contribution is 2.32. The molecule has 1 heterocycles. The highest BCUT2D eigenvalue weighted by Gasteiger charge is 2.24. The first-order valence-corrected chi connectivity index (χ1v) is 5.01. The van der Waals surface area contributed by atoms with Crippen LogP contribution in [-0.2, 0) is 4.79 Å². The standard InChI is InChI=1S/C10H11N3O3/c14-8(5-6-1-2-6)13-10-11-4-3-7(12-10)9(15)16/h3-4,6H,1-2,5H2,(H,15,16)(H,11,12,13,14). The van der Waals surface area contributed by atoms with Crippen molar-refractivity contribution in [1.82, 2.24) is 9.97 Å². The molecule has 1 aliphatic carbocycles. The van der Waals surface area contributed by atoms with Crippen molar-refractivity contribution < 1.29 is 14.7 Å². The topological polar surface area (TPSA) is 92.2 Å². The number of anilines is 1. The summed E-state index contributed by atoms with van der Waals surface area (Å²) in [4.78, 5) is 29.5. The number of carboxylic acids is 1. The second-order valence-electron chi connectivity index (χ2n) is 3.77. The number of nitrogens with one attached hydrogen (secondary N) is 1. The molecule has 1 aromatic heterocycles. The summed E-state index contributed by atoms with van der Waals surface area (Å²) in [5, 5.41) is 11.2. The molecule has 2 N–H and O–H groups in total. The summed E-state index contributed by atoms with van der Waals surface area (Å²) in [7, 11) is 0. The van der Waals surface area contributed by atoms with E-state index in [9.17, 15) is 9.59 Å². The largest absolute Gasteiger partial charge is 0.477 e. The van der Waals surface area contributed by atoms with Crippen molar-refractivity contribution in [2.75, 3.05) is 5.32 Å². The monoisotopic (exact) mass is 221 g/mol. The molecule has 0 aliphatic heterocycles. The molecule has 1 fully saturated rings. The fourth-order valence-electron chi connectivity index (χ4n) is 1.30. The van der Waals surface area contributed by atoms with E-state index < -0.39 is 5.97 Å². The molecule has 1 saturated carbocycles. The van der Waals surface area contributed by atoms with Crippen LogP contribution < -0.4 is 5.32 Å². The van der Waals surface area contributed by atoms with Crippen LogP contribution in [0.25, 0.3) is 0 Å². The molecule has 16 heavy (non-hydrogen) atoms. The van der Waals surface area contributed by atoms with Crippen LogP contribution >= 0.6 is 0 Å². The fourth-order valence-corrected chi connectivity index (χ4v) is 1.30. The molecule has 1 amide bonds. The van der Waals surface area contributed by atoms with E-state index >= 15 is 0 Å². The van der Waals surface area contributed by atoms with Crippen molar-refractivity contribution >= 4 is 17.8 Å². The molecular weight excluding hydrogens is 210 g/mol. The van der Waals surface area contributed by atoms with Crippen LogP contribution in [0.15, 0.2) is 12.3 Å². The molecule has 0 saturated heterocycles. The summed E-state index contributed by atoms with van der Waals surface area (Å²) >= 11 is 0. The zero-order chi connectivity index (χ0) is 11.5. The minimum absolute atomic E-state index is 0.0468. The number of carbonyl (C=O) groups is 2. The Balaban J connectivity index is 1.99. The Kier molecular flexibility index (Phi) is 2.80. The maximum Gasteiger partial charge on any atom is 0.354 e. The van der Waals surface area contributed by atoms with Crippen molar-refractivity contribution in [1.29, 1.82) is 0 Å². The van der Waals surface area contributed by atoms with Crippen molar-refractivity contribution in [3.8, 4) is 0 Å². The molecule has 0 aromatic carbocycles. The Labute approximate surface area is 91.7 Å². The van der Waals surface area contributed by atoms with E-state index in [1.54, 1.807) is 0 Å². The summed E-state index contributed by atoms with van der Waals surface area (Å²) < 4.78 is 0. The number of nitrogens with zero attached hydrogens (tertiary/aromatic N) is 2. The molecule has 0 unspecified atom stereocenters. The van der Waals surface area contributed by atoms with Gasteiger partial charge in [-0.2, -0.15) is 0 Å². The molecule has 84 valence electrons. The van der Waals surface area contributed by atoms with Crippen molar-refractivity contribution in [3.05, 3.63) is 18.0 Å². The lowest BCUT2D eigenvalue weighted by Gasteiger charge is -2.02. The number of carbonyl (C=O) groups excluding carboxylic acids is 1. The van der Waals surface area contributed by atoms with Gasteiger partial charge in [0.15, 0.2) is 5.69 Å². The van der Waals surface area contributed by atoms with Crippen LogP contribution in [-0.4, -0.2) is 27.0 Å². The fraction of sp³-hybridized carbons (Fsp3) is 0.400. The van der Waals surface area contributed by atoms with Gasteiger partial charge in [0.05, 0.1) is 0 Å². The molecule has 6 nitrogen and oxygen atoms in total. The van der Waals surface area contributed by atoms with E-state index in [1.165, 1.54) is 12.3 Å². The number of hydrogen-bond donors (Lipinski definition) is 2. The summed E-state index contributed by atoms with van der Waals surface area (Å²) in [6, 6.07) is 1.28. The highest BCUT2D eigenvalue weighted by atomic mass is 16.4. The normalized spacial score (nSPS) is 14.5. The Morgan fingerprint density at radius 2 is 2.25 bits per heavy atom. The van der Waals surface area contributed by atoms with Crippen LogP contribution in [0.1, 0.15) is 29.8 Å². The third-order valence-electron chi connectivity index (χ3n) is 2.30. The van der Waals surface area contributed by atoms with E-state index in [-0.39, 0.29) is 17.5 Å². The summed E-state index contributed by atoms with van der Waals surface area (Å²) in [6.07, 6.45) is 3.94. The van der Waals surface area contributed by atoms with Gasteiger partial charge in [-0.1, -0.05) is 0 Å². The maximum atomic E-state index is 11.4. The molecule has 2 rings (SSSR count). The number of rotatable bonds is 4. The molecule has 0 radical (unpaired) electrons. The van der Waals surface area contributed by atoms with Gasteiger partial charge in [0.1, 0.15) is 0 Å². The smallest absolute Gasteiger partial charge is 0.354 e. The first-order chi connectivity index (χ1) is 7.65. The lowest BCUT2D eigenvalue weighted by atomic mass is 10.3. The lowest BCUT2D eigenvalue weighted by molar-refractivity contribution is -0.116. The van der Waals surface area contributed by atoms with Gasteiger partial charge in [0, 0.05) is 12.6 Å². The zero-order valence-electron chi connectivity index (χ0n) is 8.51. The molecule has 1 aromatic rings. The Morgan fingerprint density at radius 1 is 1.50 bits per heavy atom. The molecule has 6 heteroatoms. The molecular formula is C10H11N3O3. The molecule has 1 aliphatic rings. The summed E-state index contributed by atoms with van der Waals surface area (Å²) in [5.41, 5.74) is -0.128. The highest BCUT2D eigenvalue weighted by molar-refractivity contribution is 5.90. The molecule has 0 bridgehead atoms. The van der Waals surface area contributed by atoms with E-state index in [2.05, 4.69) is 15.3 Å². The van der Waals surface area contributed by atoms with E-state index in [0.29, 0.717) is 12.3 Å². The molecule has 0 spiro atoms. The number of amides is 1. The minimum atomic E-state index is -1.14. The Hall–Kier alpha value is -1.98. The third kappa shape index (κ3) is 2.75. The SMILES string of the molecule is O=C(CC1CC1)Nc1nccc(C(=O)O)n1. The van der Waals surface area contributed by atoms with Gasteiger partial charge in [0.25, 0.3) is 0 Å². The van der Waals surface area contributed by atoms with Crippen LogP contribution in [0.2, 0.25) is 0 Å². The zero-order valence-corrected chi connectivity index (χ0v) is 8.51. The Bertz CT molecular complexity index is 429. The van der Waals surface area contributed by atoms with Gasteiger partial charge in [-0.3, -0.25) is 10.1 Å². The quantitative estimate of drug-likeness (QED) is 0.788. The van der Waals surface area contributed by atoms with Gasteiger partial charge in [-0.15, -0.1) is 0 Å². The second-order valence-corrected chi connectivity index (χ2v) is 3.77. The van der Waals surface area contributed by atoms with Gasteiger partial charge in [0.2, 0.25) is 11.9 Å². The van der Waals surface area contributed by atoms with E-state index in [1.807, 2.05) is 0 Å². The average Bonchev–Trinajstić information content (AvgIpc) is 3.01. The van der Waals surface area contributed by atoms with Crippen molar-refractivity contribution in [3.63, 3.8) is 0 Å². The lowest BCUT2D eigenvalue weighted by Crippen LogP contribution is -2.15. The first kappa shape index (κ1) is 10.5. The minimum Gasteiger partial charge on any atom is -0.477 e. The number of aromatic nitrogens is 2. The summed E-state index contributed by atoms with van der Waals surface area (Å²) in [5.74, 6) is -0.779. The Morgan fingerprint density at radius 3 is 2.88 bits per heavy atom. The van der Waals surface area contributed by atoms with Crippen LogP contribution in [0, 0.1) is 5.92 Å². The predicted molar refractivity (Wildman–Crippen MR) is 55.0 cm³/mol. The third-order valence-corrected chi connectivity index (χ3v) is 2.30. The number of carboxylic acid groups (broad SMARTS) is 1. The van der Waals surface area contributed by atoms with Crippen LogP contribution in [0.5, 0.6) is 0 Å². The van der Waals surface area contributed by atoms with Gasteiger partial charge in [-0.05, 0) is 24.8 Å². The van der Waals surface area contributed by atoms with Gasteiger partial charge < -0.3 is 5.11 Å². The number of aromatic carboxylic acids is 1. The second kappa shape index (κ2) is 4.26. The van der Waals surface area contributed by atoms with Gasteiger partial charge in [-0.25, -0.2) is 14.8 Å². The molecule has 0 atom stereocenters. The number of hydrogen-bond acceptors (Lipinski definition) is 4. The van der Waals surface area contributed by atoms with Crippen LogP contribution in [0.3, 0.4) is 0 Å². The first-order valence-electron chi connectivity index (χ1n) is 5.01. The van der Waals surface area contributed by atoms with E-state index in [4.69, 9.17) is 5.11 Å².